The first-order chi connectivity index (χ1) is 13.1. The van der Waals surface area contributed by atoms with E-state index in [9.17, 15) is 0 Å². The van der Waals surface area contributed by atoms with Crippen molar-refractivity contribution in [2.75, 3.05) is 7.05 Å². The van der Waals surface area contributed by atoms with Gasteiger partial charge in [0, 0.05) is 18.5 Å². The van der Waals surface area contributed by atoms with E-state index in [1.54, 1.807) is 0 Å². The summed E-state index contributed by atoms with van der Waals surface area (Å²) in [7, 11) is 2.23. The molecule has 2 atom stereocenters. The molecule has 0 radical (unpaired) electrons. The zero-order chi connectivity index (χ0) is 18.8. The normalized spacial score (nSPS) is 19.1. The van der Waals surface area contributed by atoms with Gasteiger partial charge in [0.1, 0.15) is 0 Å². The molecule has 1 nitrogen and oxygen atoms in total. The fourth-order valence-corrected chi connectivity index (χ4v) is 4.59. The summed E-state index contributed by atoms with van der Waals surface area (Å²) in [5.74, 6) is 0.373. The van der Waals surface area contributed by atoms with Crippen molar-refractivity contribution in [3.8, 4) is 0 Å². The number of halogens is 2. The topological polar surface area (TPSA) is 3.24 Å². The minimum atomic E-state index is 0.373. The minimum Gasteiger partial charge on any atom is -0.295 e. The summed E-state index contributed by atoms with van der Waals surface area (Å²) in [4.78, 5) is 2.47. The second kappa shape index (κ2) is 8.06. The van der Waals surface area contributed by atoms with Crippen LogP contribution < -0.4 is 0 Å². The maximum absolute atomic E-state index is 6.29. The predicted octanol–water partition coefficient (Wildman–Crippen LogP) is 7.09. The van der Waals surface area contributed by atoms with Gasteiger partial charge in [-0.2, -0.15) is 0 Å². The lowest BCUT2D eigenvalue weighted by atomic mass is 9.76. The van der Waals surface area contributed by atoms with E-state index in [1.165, 1.54) is 22.3 Å². The van der Waals surface area contributed by atoms with E-state index in [2.05, 4.69) is 72.6 Å². The van der Waals surface area contributed by atoms with E-state index >= 15 is 0 Å². The molecule has 0 saturated heterocycles. The van der Waals surface area contributed by atoms with Gasteiger partial charge in [0.05, 0.1) is 10.0 Å². The third-order valence-corrected chi connectivity index (χ3v) is 6.35. The molecule has 3 aromatic carbocycles. The van der Waals surface area contributed by atoms with Crippen LogP contribution in [-0.4, -0.2) is 11.9 Å². The third kappa shape index (κ3) is 3.91. The number of benzene rings is 3. The zero-order valence-corrected chi connectivity index (χ0v) is 16.9. The Morgan fingerprint density at radius 1 is 0.815 bits per heavy atom. The molecule has 0 aromatic heterocycles. The second-order valence-electron chi connectivity index (χ2n) is 7.35. The first-order valence-corrected chi connectivity index (χ1v) is 10.2. The van der Waals surface area contributed by atoms with Crippen molar-refractivity contribution in [2.24, 2.45) is 0 Å². The van der Waals surface area contributed by atoms with Gasteiger partial charge in [-0.05, 0) is 54.3 Å². The fraction of sp³-hybridized carbons (Fsp3) is 0.250. The van der Waals surface area contributed by atoms with Crippen molar-refractivity contribution in [3.63, 3.8) is 0 Å². The van der Waals surface area contributed by atoms with Crippen LogP contribution in [0.25, 0.3) is 0 Å². The lowest BCUT2D eigenvalue weighted by molar-refractivity contribution is 0.209. The number of rotatable bonds is 4. The summed E-state index contributed by atoms with van der Waals surface area (Å²) < 4.78 is 0. The first kappa shape index (κ1) is 18.6. The van der Waals surface area contributed by atoms with Gasteiger partial charge in [-0.25, -0.2) is 0 Å². The van der Waals surface area contributed by atoms with Crippen LogP contribution in [0.2, 0.25) is 10.0 Å². The van der Waals surface area contributed by atoms with Gasteiger partial charge in [0.25, 0.3) is 0 Å². The number of hydrogen-bond donors (Lipinski definition) is 0. The molecule has 2 unspecified atom stereocenters. The smallest absolute Gasteiger partial charge is 0.0595 e. The maximum Gasteiger partial charge on any atom is 0.0595 e. The van der Waals surface area contributed by atoms with Crippen LogP contribution in [-0.2, 0) is 6.54 Å². The van der Waals surface area contributed by atoms with Crippen molar-refractivity contribution >= 4 is 23.2 Å². The van der Waals surface area contributed by atoms with E-state index in [4.69, 9.17) is 23.2 Å². The Bertz CT molecular complexity index is 923. The van der Waals surface area contributed by atoms with Crippen LogP contribution in [0.5, 0.6) is 0 Å². The molecule has 0 aliphatic heterocycles. The van der Waals surface area contributed by atoms with Gasteiger partial charge in [-0.1, -0.05) is 83.9 Å². The third-order valence-electron chi connectivity index (χ3n) is 5.61. The molecule has 0 heterocycles. The summed E-state index contributed by atoms with van der Waals surface area (Å²) in [5.41, 5.74) is 5.44. The van der Waals surface area contributed by atoms with Crippen molar-refractivity contribution in [1.29, 1.82) is 0 Å². The summed E-state index contributed by atoms with van der Waals surface area (Å²) >= 11 is 12.4. The summed E-state index contributed by atoms with van der Waals surface area (Å²) in [6.07, 6.45) is 2.24. The lowest BCUT2D eigenvalue weighted by Crippen LogP contribution is -2.29. The molecule has 0 bridgehead atoms. The largest absolute Gasteiger partial charge is 0.295 e. The Labute approximate surface area is 171 Å². The fourth-order valence-electron chi connectivity index (χ4n) is 4.28. The molecule has 0 saturated carbocycles. The van der Waals surface area contributed by atoms with Crippen molar-refractivity contribution < 1.29 is 0 Å². The van der Waals surface area contributed by atoms with Crippen LogP contribution in [0.4, 0.5) is 0 Å². The number of nitrogens with zero attached hydrogens (tertiary/aromatic N) is 1. The molecule has 1 aliphatic carbocycles. The molecule has 0 N–H and O–H groups in total. The Kier molecular flexibility index (Phi) is 5.54. The summed E-state index contributed by atoms with van der Waals surface area (Å²) in [6, 6.07) is 26.0. The van der Waals surface area contributed by atoms with Crippen LogP contribution in [0, 0.1) is 0 Å². The molecule has 0 amide bonds. The van der Waals surface area contributed by atoms with Crippen LogP contribution >= 0.6 is 23.2 Å². The standard InChI is InChI=1S/C24H23Cl2N/c1-27(16-17-7-3-2-4-8-17)24-14-12-19(20-9-5-6-10-21(20)24)18-11-13-22(25)23(26)15-18/h2-11,13,15,19,24H,12,14,16H2,1H3. The molecule has 0 spiro atoms. The van der Waals surface area contributed by atoms with E-state index in [0.29, 0.717) is 22.0 Å². The molecular weight excluding hydrogens is 373 g/mol. The number of fused-ring (bicyclic) bond motifs is 1. The van der Waals surface area contributed by atoms with Gasteiger partial charge >= 0.3 is 0 Å². The molecule has 4 rings (SSSR count). The average molecular weight is 396 g/mol. The molecule has 138 valence electrons. The van der Waals surface area contributed by atoms with Crippen molar-refractivity contribution in [3.05, 3.63) is 105 Å². The SMILES string of the molecule is CN(Cc1ccccc1)C1CCC(c2ccc(Cl)c(Cl)c2)c2ccccc21. The van der Waals surface area contributed by atoms with E-state index in [1.807, 2.05) is 12.1 Å². The van der Waals surface area contributed by atoms with Gasteiger partial charge < -0.3 is 0 Å². The van der Waals surface area contributed by atoms with E-state index < -0.39 is 0 Å². The monoisotopic (exact) mass is 395 g/mol. The second-order valence-corrected chi connectivity index (χ2v) is 8.16. The molecule has 1 aliphatic rings. The molecule has 27 heavy (non-hydrogen) atoms. The number of hydrogen-bond acceptors (Lipinski definition) is 1. The molecule has 3 aromatic rings. The maximum atomic E-state index is 6.29. The molecule has 0 fully saturated rings. The van der Waals surface area contributed by atoms with Gasteiger partial charge in [-0.15, -0.1) is 0 Å². The van der Waals surface area contributed by atoms with Crippen molar-refractivity contribution in [2.45, 2.75) is 31.3 Å². The van der Waals surface area contributed by atoms with Gasteiger partial charge in [0.15, 0.2) is 0 Å². The summed E-state index contributed by atoms with van der Waals surface area (Å²) in [5, 5.41) is 1.25. The van der Waals surface area contributed by atoms with Gasteiger partial charge in [0.2, 0.25) is 0 Å². The van der Waals surface area contributed by atoms with Crippen LogP contribution in [0.1, 0.15) is 47.1 Å². The summed E-state index contributed by atoms with van der Waals surface area (Å²) in [6.45, 7) is 0.956. The minimum absolute atomic E-state index is 0.373. The van der Waals surface area contributed by atoms with Crippen molar-refractivity contribution in [1.82, 2.24) is 4.90 Å². The first-order valence-electron chi connectivity index (χ1n) is 9.41. The Morgan fingerprint density at radius 3 is 2.26 bits per heavy atom. The van der Waals surface area contributed by atoms with E-state index in [-0.39, 0.29) is 0 Å². The Morgan fingerprint density at radius 2 is 1.52 bits per heavy atom. The van der Waals surface area contributed by atoms with E-state index in [0.717, 1.165) is 19.4 Å². The van der Waals surface area contributed by atoms with Crippen LogP contribution in [0.15, 0.2) is 72.8 Å². The Balaban J connectivity index is 1.64. The van der Waals surface area contributed by atoms with Gasteiger partial charge in [-0.3, -0.25) is 4.90 Å². The zero-order valence-electron chi connectivity index (χ0n) is 15.4. The lowest BCUT2D eigenvalue weighted by Gasteiger charge is -2.37. The molecule has 3 heteroatoms. The quantitative estimate of drug-likeness (QED) is 0.455. The van der Waals surface area contributed by atoms with Crippen LogP contribution in [0.3, 0.4) is 0 Å². The highest BCUT2D eigenvalue weighted by Crippen LogP contribution is 2.44. The predicted molar refractivity (Wildman–Crippen MR) is 115 cm³/mol. The highest BCUT2D eigenvalue weighted by molar-refractivity contribution is 6.42. The highest BCUT2D eigenvalue weighted by atomic mass is 35.5. The molecular formula is C24H23Cl2N. The average Bonchev–Trinajstić information content (AvgIpc) is 2.70. The Hall–Kier alpha value is -1.80. The highest BCUT2D eigenvalue weighted by Gasteiger charge is 2.30.